The normalized spacial score (nSPS) is 10.0. The second-order valence-electron chi connectivity index (χ2n) is 4.75. The number of hydrogen-bond donors (Lipinski definition) is 2. The second-order valence-corrected chi connectivity index (χ2v) is 4.75. The minimum Gasteiger partial charge on any atom is -0.380 e. The van der Waals surface area contributed by atoms with Gasteiger partial charge in [0.1, 0.15) is 0 Å². The highest BCUT2D eigenvalue weighted by Crippen LogP contribution is 2.06. The highest BCUT2D eigenvalue weighted by molar-refractivity contribution is 6.39. The first-order valence-electron chi connectivity index (χ1n) is 6.90. The predicted molar refractivity (Wildman–Crippen MR) is 84.1 cm³/mol. The van der Waals surface area contributed by atoms with Gasteiger partial charge >= 0.3 is 11.8 Å². The summed E-state index contributed by atoms with van der Waals surface area (Å²) in [4.78, 5) is 23.5. The molecule has 0 atom stereocenters. The summed E-state index contributed by atoms with van der Waals surface area (Å²) in [6, 6.07) is 16.5. The van der Waals surface area contributed by atoms with E-state index in [4.69, 9.17) is 4.74 Å². The minimum atomic E-state index is -0.679. The molecule has 0 unspecified atom stereocenters. The van der Waals surface area contributed by atoms with Crippen LogP contribution in [0.2, 0.25) is 0 Å². The smallest absolute Gasteiger partial charge is 0.313 e. The molecule has 2 rings (SSSR count). The van der Waals surface area contributed by atoms with Crippen molar-refractivity contribution in [2.24, 2.45) is 0 Å². The van der Waals surface area contributed by atoms with Crippen LogP contribution in [0, 0.1) is 0 Å². The van der Waals surface area contributed by atoms with Crippen molar-refractivity contribution in [1.82, 2.24) is 5.32 Å². The molecule has 0 aliphatic carbocycles. The van der Waals surface area contributed by atoms with Crippen LogP contribution >= 0.6 is 0 Å². The number of rotatable bonds is 5. The van der Waals surface area contributed by atoms with E-state index in [1.54, 1.807) is 31.4 Å². The van der Waals surface area contributed by atoms with Crippen molar-refractivity contribution >= 4 is 17.5 Å². The van der Waals surface area contributed by atoms with E-state index in [-0.39, 0.29) is 0 Å². The predicted octanol–water partition coefficient (Wildman–Crippen LogP) is 2.09. The zero-order valence-electron chi connectivity index (χ0n) is 12.3. The van der Waals surface area contributed by atoms with Crippen LogP contribution in [-0.4, -0.2) is 18.9 Å². The van der Waals surface area contributed by atoms with Gasteiger partial charge in [-0.25, -0.2) is 0 Å². The summed E-state index contributed by atoms with van der Waals surface area (Å²) in [6.45, 7) is 0.848. The van der Waals surface area contributed by atoms with E-state index >= 15 is 0 Å². The lowest BCUT2D eigenvalue weighted by atomic mass is 10.1. The Morgan fingerprint density at radius 2 is 1.55 bits per heavy atom. The molecule has 0 saturated heterocycles. The van der Waals surface area contributed by atoms with Gasteiger partial charge in [-0.15, -0.1) is 0 Å². The molecule has 2 amide bonds. The fourth-order valence-electron chi connectivity index (χ4n) is 1.89. The van der Waals surface area contributed by atoms with Crippen LogP contribution in [0.4, 0.5) is 5.69 Å². The first-order valence-corrected chi connectivity index (χ1v) is 6.90. The average Bonchev–Trinajstić information content (AvgIpc) is 2.55. The zero-order valence-corrected chi connectivity index (χ0v) is 12.3. The standard InChI is InChI=1S/C17H18N2O3/c1-22-12-14-9-7-13(8-10-14)11-18-16(20)17(21)19-15-5-3-2-4-6-15/h2-10H,11-12H2,1H3,(H,18,20)(H,19,21). The second kappa shape index (κ2) is 7.95. The third kappa shape index (κ3) is 4.71. The third-order valence-corrected chi connectivity index (χ3v) is 3.02. The summed E-state index contributed by atoms with van der Waals surface area (Å²) in [6.07, 6.45) is 0. The molecule has 0 aliphatic rings. The summed E-state index contributed by atoms with van der Waals surface area (Å²) >= 11 is 0. The summed E-state index contributed by atoms with van der Waals surface area (Å²) in [5.74, 6) is -1.34. The molecule has 0 aromatic heterocycles. The maximum absolute atomic E-state index is 11.7. The zero-order chi connectivity index (χ0) is 15.8. The Balaban J connectivity index is 1.83. The van der Waals surface area contributed by atoms with Gasteiger partial charge in [-0.1, -0.05) is 42.5 Å². The number of benzene rings is 2. The molecule has 2 aromatic carbocycles. The number of carbonyl (C=O) groups is 2. The Hall–Kier alpha value is -2.66. The molecule has 5 nitrogen and oxygen atoms in total. The van der Waals surface area contributed by atoms with Crippen molar-refractivity contribution in [3.8, 4) is 0 Å². The number of nitrogens with one attached hydrogen (secondary N) is 2. The molecule has 0 fully saturated rings. The SMILES string of the molecule is COCc1ccc(CNC(=O)C(=O)Nc2ccccc2)cc1. The van der Waals surface area contributed by atoms with E-state index in [2.05, 4.69) is 10.6 Å². The Morgan fingerprint density at radius 1 is 0.909 bits per heavy atom. The first kappa shape index (κ1) is 15.7. The van der Waals surface area contributed by atoms with Crippen LogP contribution in [0.25, 0.3) is 0 Å². The van der Waals surface area contributed by atoms with E-state index in [1.807, 2.05) is 30.3 Å². The number of methoxy groups -OCH3 is 1. The van der Waals surface area contributed by atoms with Gasteiger partial charge in [-0.05, 0) is 23.3 Å². The van der Waals surface area contributed by atoms with Crippen molar-refractivity contribution in [1.29, 1.82) is 0 Å². The van der Waals surface area contributed by atoms with Crippen molar-refractivity contribution in [3.05, 3.63) is 65.7 Å². The number of amides is 2. The Kier molecular flexibility index (Phi) is 5.68. The monoisotopic (exact) mass is 298 g/mol. The fourth-order valence-corrected chi connectivity index (χ4v) is 1.89. The van der Waals surface area contributed by atoms with Crippen molar-refractivity contribution in [2.75, 3.05) is 12.4 Å². The van der Waals surface area contributed by atoms with Gasteiger partial charge in [-0.3, -0.25) is 9.59 Å². The van der Waals surface area contributed by atoms with Crippen LogP contribution < -0.4 is 10.6 Å². The van der Waals surface area contributed by atoms with Gasteiger partial charge in [0.05, 0.1) is 6.61 Å². The molecule has 114 valence electrons. The molecule has 0 bridgehead atoms. The number of ether oxygens (including phenoxy) is 1. The van der Waals surface area contributed by atoms with Crippen LogP contribution in [0.5, 0.6) is 0 Å². The molecule has 0 saturated carbocycles. The lowest BCUT2D eigenvalue weighted by molar-refractivity contribution is -0.136. The molecule has 0 radical (unpaired) electrons. The highest BCUT2D eigenvalue weighted by atomic mass is 16.5. The van der Waals surface area contributed by atoms with E-state index in [0.717, 1.165) is 11.1 Å². The molecular weight excluding hydrogens is 280 g/mol. The van der Waals surface area contributed by atoms with Crippen LogP contribution in [0.15, 0.2) is 54.6 Å². The molecule has 2 N–H and O–H groups in total. The van der Waals surface area contributed by atoms with E-state index < -0.39 is 11.8 Å². The van der Waals surface area contributed by atoms with E-state index in [0.29, 0.717) is 18.8 Å². The average molecular weight is 298 g/mol. The molecule has 0 aliphatic heterocycles. The van der Waals surface area contributed by atoms with E-state index in [1.165, 1.54) is 0 Å². The minimum absolute atomic E-state index is 0.300. The van der Waals surface area contributed by atoms with Crippen molar-refractivity contribution in [3.63, 3.8) is 0 Å². The van der Waals surface area contributed by atoms with Crippen LogP contribution in [0.3, 0.4) is 0 Å². The number of hydrogen-bond acceptors (Lipinski definition) is 3. The van der Waals surface area contributed by atoms with Gasteiger partial charge in [-0.2, -0.15) is 0 Å². The highest BCUT2D eigenvalue weighted by Gasteiger charge is 2.12. The number of carbonyl (C=O) groups excluding carboxylic acids is 2. The Labute approximate surface area is 129 Å². The summed E-state index contributed by atoms with van der Waals surface area (Å²) in [5.41, 5.74) is 2.56. The van der Waals surface area contributed by atoms with Gasteiger partial charge in [0, 0.05) is 19.3 Å². The van der Waals surface area contributed by atoms with Crippen molar-refractivity contribution in [2.45, 2.75) is 13.2 Å². The Morgan fingerprint density at radius 3 is 2.18 bits per heavy atom. The van der Waals surface area contributed by atoms with Gasteiger partial charge in [0.25, 0.3) is 0 Å². The lowest BCUT2D eigenvalue weighted by Crippen LogP contribution is -2.34. The molecule has 5 heteroatoms. The van der Waals surface area contributed by atoms with Gasteiger partial charge < -0.3 is 15.4 Å². The third-order valence-electron chi connectivity index (χ3n) is 3.02. The summed E-state index contributed by atoms with van der Waals surface area (Å²) in [7, 11) is 1.64. The number of para-hydroxylation sites is 1. The molecule has 22 heavy (non-hydrogen) atoms. The van der Waals surface area contributed by atoms with E-state index in [9.17, 15) is 9.59 Å². The van der Waals surface area contributed by atoms with Gasteiger partial charge in [0.2, 0.25) is 0 Å². The molecule has 0 heterocycles. The maximum Gasteiger partial charge on any atom is 0.313 e. The molecular formula is C17H18N2O3. The Bertz CT molecular complexity index is 624. The lowest BCUT2D eigenvalue weighted by Gasteiger charge is -2.07. The molecule has 2 aromatic rings. The summed E-state index contributed by atoms with van der Waals surface area (Å²) < 4.78 is 5.03. The quantitative estimate of drug-likeness (QED) is 0.831. The maximum atomic E-state index is 11.7. The van der Waals surface area contributed by atoms with Crippen LogP contribution in [0.1, 0.15) is 11.1 Å². The topological polar surface area (TPSA) is 67.4 Å². The fraction of sp³-hybridized carbons (Fsp3) is 0.176. The van der Waals surface area contributed by atoms with Gasteiger partial charge in [0.15, 0.2) is 0 Å². The summed E-state index contributed by atoms with van der Waals surface area (Å²) in [5, 5.41) is 5.12. The largest absolute Gasteiger partial charge is 0.380 e. The van der Waals surface area contributed by atoms with Crippen molar-refractivity contribution < 1.29 is 14.3 Å². The molecule has 0 spiro atoms. The first-order chi connectivity index (χ1) is 10.7. The van der Waals surface area contributed by atoms with Crippen LogP contribution in [-0.2, 0) is 27.5 Å². The number of anilines is 1.